The van der Waals surface area contributed by atoms with Crippen molar-refractivity contribution in [3.8, 4) is 0 Å². The average molecular weight is 301 g/mol. The van der Waals surface area contributed by atoms with E-state index in [0.29, 0.717) is 11.9 Å². The van der Waals surface area contributed by atoms with Gasteiger partial charge in [-0.05, 0) is 37.8 Å². The molecule has 1 aliphatic rings. The maximum absolute atomic E-state index is 14.0. The van der Waals surface area contributed by atoms with Gasteiger partial charge in [-0.25, -0.2) is 9.37 Å². The molecule has 0 saturated carbocycles. The van der Waals surface area contributed by atoms with Crippen LogP contribution in [0.15, 0.2) is 24.3 Å². The summed E-state index contributed by atoms with van der Waals surface area (Å²) in [7, 11) is 0. The molecule has 1 unspecified atom stereocenters. The van der Waals surface area contributed by atoms with Crippen molar-refractivity contribution in [1.29, 1.82) is 0 Å². The summed E-state index contributed by atoms with van der Waals surface area (Å²) in [4.78, 5) is 17.7. The van der Waals surface area contributed by atoms with Gasteiger partial charge >= 0.3 is 0 Å². The molecule has 0 spiro atoms. The third-order valence-electron chi connectivity index (χ3n) is 4.25. The largest absolute Gasteiger partial charge is 0.371 e. The van der Waals surface area contributed by atoms with Crippen LogP contribution in [0.1, 0.15) is 25.0 Å². The molecule has 22 heavy (non-hydrogen) atoms. The summed E-state index contributed by atoms with van der Waals surface area (Å²) in [6, 6.07) is 7.04. The Morgan fingerprint density at radius 1 is 1.50 bits per heavy atom. The molecule has 1 saturated heterocycles. The van der Waals surface area contributed by atoms with Gasteiger partial charge in [0, 0.05) is 36.3 Å². The first kappa shape index (κ1) is 14.8. The molecular formula is C17H20FN3O. The fourth-order valence-corrected chi connectivity index (χ4v) is 3.32. The zero-order valence-corrected chi connectivity index (χ0v) is 12.7. The lowest BCUT2D eigenvalue weighted by Crippen LogP contribution is -2.37. The summed E-state index contributed by atoms with van der Waals surface area (Å²) >= 11 is 0. The molecule has 2 N–H and O–H groups in total. The van der Waals surface area contributed by atoms with Gasteiger partial charge in [-0.3, -0.25) is 4.79 Å². The maximum atomic E-state index is 14.0. The van der Waals surface area contributed by atoms with E-state index in [4.69, 9.17) is 5.73 Å². The monoisotopic (exact) mass is 301 g/mol. The van der Waals surface area contributed by atoms with Crippen molar-refractivity contribution in [2.24, 2.45) is 11.7 Å². The second-order valence-electron chi connectivity index (χ2n) is 6.04. The molecule has 5 heteroatoms. The van der Waals surface area contributed by atoms with Crippen LogP contribution in [-0.2, 0) is 4.79 Å². The van der Waals surface area contributed by atoms with Crippen LogP contribution in [-0.4, -0.2) is 24.0 Å². The van der Waals surface area contributed by atoms with Crippen LogP contribution >= 0.6 is 0 Å². The van der Waals surface area contributed by atoms with Crippen LogP contribution in [0, 0.1) is 18.7 Å². The maximum Gasteiger partial charge on any atom is 0.217 e. The quantitative estimate of drug-likeness (QED) is 0.948. The smallest absolute Gasteiger partial charge is 0.217 e. The molecule has 1 aromatic carbocycles. The number of benzene rings is 1. The van der Waals surface area contributed by atoms with Gasteiger partial charge in [-0.2, -0.15) is 0 Å². The minimum Gasteiger partial charge on any atom is -0.371 e. The van der Waals surface area contributed by atoms with Gasteiger partial charge in [-0.1, -0.05) is 12.1 Å². The van der Waals surface area contributed by atoms with Crippen molar-refractivity contribution >= 4 is 22.5 Å². The van der Waals surface area contributed by atoms with Gasteiger partial charge < -0.3 is 10.6 Å². The van der Waals surface area contributed by atoms with E-state index in [9.17, 15) is 9.18 Å². The van der Waals surface area contributed by atoms with E-state index in [1.165, 1.54) is 6.07 Å². The number of carbonyl (C=O) groups is 1. The summed E-state index contributed by atoms with van der Waals surface area (Å²) in [5, 5.41) is 0.824. The minimum absolute atomic E-state index is 0.256. The van der Waals surface area contributed by atoms with E-state index < -0.39 is 0 Å². The number of aromatic nitrogens is 1. The predicted octanol–water partition coefficient (Wildman–Crippen LogP) is 2.77. The first-order chi connectivity index (χ1) is 10.5. The lowest BCUT2D eigenvalue weighted by atomic mass is 9.93. The number of piperidine rings is 1. The first-order valence-electron chi connectivity index (χ1n) is 7.63. The number of rotatable bonds is 3. The normalized spacial score (nSPS) is 18.6. The molecule has 1 atom stereocenters. The molecule has 4 nitrogen and oxygen atoms in total. The number of amides is 1. The summed E-state index contributed by atoms with van der Waals surface area (Å²) in [6.07, 6.45) is 2.43. The van der Waals surface area contributed by atoms with Crippen molar-refractivity contribution < 1.29 is 9.18 Å². The van der Waals surface area contributed by atoms with Crippen molar-refractivity contribution in [3.63, 3.8) is 0 Å². The molecule has 2 heterocycles. The molecule has 2 aromatic rings. The Kier molecular flexibility index (Phi) is 3.96. The van der Waals surface area contributed by atoms with Gasteiger partial charge in [0.25, 0.3) is 0 Å². The Morgan fingerprint density at radius 3 is 3.09 bits per heavy atom. The average Bonchev–Trinajstić information content (AvgIpc) is 2.47. The molecule has 116 valence electrons. The van der Waals surface area contributed by atoms with Crippen molar-refractivity contribution in [2.75, 3.05) is 18.0 Å². The number of hydrogen-bond donors (Lipinski definition) is 1. The van der Waals surface area contributed by atoms with E-state index >= 15 is 0 Å². The Hall–Kier alpha value is -2.17. The van der Waals surface area contributed by atoms with E-state index in [2.05, 4.69) is 9.88 Å². The molecule has 0 bridgehead atoms. The molecule has 0 aliphatic carbocycles. The Morgan fingerprint density at radius 2 is 2.32 bits per heavy atom. The Balaban J connectivity index is 1.98. The predicted molar refractivity (Wildman–Crippen MR) is 85.2 cm³/mol. The van der Waals surface area contributed by atoms with E-state index in [1.54, 1.807) is 6.07 Å². The van der Waals surface area contributed by atoms with Gasteiger partial charge in [-0.15, -0.1) is 0 Å². The highest BCUT2D eigenvalue weighted by Crippen LogP contribution is 2.32. The zero-order chi connectivity index (χ0) is 15.7. The van der Waals surface area contributed by atoms with Gasteiger partial charge in [0.1, 0.15) is 11.3 Å². The summed E-state index contributed by atoms with van der Waals surface area (Å²) < 4.78 is 14.0. The Labute approximate surface area is 129 Å². The minimum atomic E-state index is -0.298. The van der Waals surface area contributed by atoms with Crippen LogP contribution in [0.25, 0.3) is 10.9 Å². The molecular weight excluding hydrogens is 281 g/mol. The summed E-state index contributed by atoms with van der Waals surface area (Å²) in [6.45, 7) is 3.56. The fourth-order valence-electron chi connectivity index (χ4n) is 3.32. The van der Waals surface area contributed by atoms with E-state index in [0.717, 1.165) is 42.7 Å². The lowest BCUT2D eigenvalue weighted by molar-refractivity contribution is -0.118. The number of hydrogen-bond acceptors (Lipinski definition) is 3. The molecule has 1 aliphatic heterocycles. The standard InChI is InChI=1S/C17H20FN3O/c1-11-8-15(13-5-2-6-14(18)17(13)20-11)21-7-3-4-12(10-21)9-16(19)22/h2,5-6,8,12H,3-4,7,9-10H2,1H3,(H2,19,22). The summed E-state index contributed by atoms with van der Waals surface area (Å²) in [5.74, 6) is -0.287. The molecule has 1 aromatic heterocycles. The molecule has 3 rings (SSSR count). The number of primary amides is 1. The van der Waals surface area contributed by atoms with E-state index in [1.807, 2.05) is 19.1 Å². The summed E-state index contributed by atoms with van der Waals surface area (Å²) in [5.41, 5.74) is 7.53. The van der Waals surface area contributed by atoms with Gasteiger partial charge in [0.15, 0.2) is 0 Å². The second-order valence-corrected chi connectivity index (χ2v) is 6.04. The van der Waals surface area contributed by atoms with E-state index in [-0.39, 0.29) is 17.6 Å². The van der Waals surface area contributed by atoms with Crippen LogP contribution in [0.4, 0.5) is 10.1 Å². The SMILES string of the molecule is Cc1cc(N2CCCC(CC(N)=O)C2)c2cccc(F)c2n1. The van der Waals surface area contributed by atoms with Crippen LogP contribution < -0.4 is 10.6 Å². The van der Waals surface area contributed by atoms with Crippen molar-refractivity contribution in [3.05, 3.63) is 35.8 Å². The third-order valence-corrected chi connectivity index (χ3v) is 4.25. The number of carbonyl (C=O) groups excluding carboxylic acids is 1. The molecule has 1 amide bonds. The van der Waals surface area contributed by atoms with Crippen LogP contribution in [0.5, 0.6) is 0 Å². The number of nitrogens with zero attached hydrogens (tertiary/aromatic N) is 2. The highest BCUT2D eigenvalue weighted by molar-refractivity contribution is 5.92. The van der Waals surface area contributed by atoms with Crippen LogP contribution in [0.3, 0.4) is 0 Å². The third kappa shape index (κ3) is 2.89. The zero-order valence-electron chi connectivity index (χ0n) is 12.7. The van der Waals surface area contributed by atoms with Crippen molar-refractivity contribution in [2.45, 2.75) is 26.2 Å². The Bertz CT molecular complexity index is 716. The molecule has 0 radical (unpaired) electrons. The van der Waals surface area contributed by atoms with Crippen LogP contribution in [0.2, 0.25) is 0 Å². The lowest BCUT2D eigenvalue weighted by Gasteiger charge is -2.34. The topological polar surface area (TPSA) is 59.2 Å². The number of anilines is 1. The number of fused-ring (bicyclic) bond motifs is 1. The highest BCUT2D eigenvalue weighted by atomic mass is 19.1. The first-order valence-corrected chi connectivity index (χ1v) is 7.63. The number of nitrogens with two attached hydrogens (primary N) is 1. The second kappa shape index (κ2) is 5.91. The number of halogens is 1. The highest BCUT2D eigenvalue weighted by Gasteiger charge is 2.23. The van der Waals surface area contributed by atoms with Gasteiger partial charge in [0.05, 0.1) is 0 Å². The van der Waals surface area contributed by atoms with Gasteiger partial charge in [0.2, 0.25) is 5.91 Å². The molecule has 1 fully saturated rings. The number of pyridine rings is 1. The fraction of sp³-hybridized carbons (Fsp3) is 0.412. The number of aryl methyl sites for hydroxylation is 1. The number of para-hydroxylation sites is 1. The van der Waals surface area contributed by atoms with Crippen molar-refractivity contribution in [1.82, 2.24) is 4.98 Å².